The van der Waals surface area contributed by atoms with Crippen LogP contribution in [0.2, 0.25) is 10.2 Å². The number of hydrogen-bond acceptors (Lipinski definition) is 2. The van der Waals surface area contributed by atoms with Crippen molar-refractivity contribution in [3.05, 3.63) is 40.1 Å². The quantitative estimate of drug-likeness (QED) is 0.787. The summed E-state index contributed by atoms with van der Waals surface area (Å²) in [6.45, 7) is 6.38. The number of nitrogens with zero attached hydrogens (tertiary/aromatic N) is 3. The summed E-state index contributed by atoms with van der Waals surface area (Å²) in [7, 11) is 0. The zero-order valence-electron chi connectivity index (χ0n) is 9.91. The third-order valence-corrected chi connectivity index (χ3v) is 2.89. The second-order valence-corrected chi connectivity index (χ2v) is 5.72. The molecule has 1 aromatic heterocycles. The summed E-state index contributed by atoms with van der Waals surface area (Å²) in [5, 5.41) is 8.85. The fourth-order valence-corrected chi connectivity index (χ4v) is 1.97. The van der Waals surface area contributed by atoms with E-state index >= 15 is 0 Å². The molecule has 1 aromatic carbocycles. The molecule has 0 aliphatic carbocycles. The molecule has 0 aliphatic rings. The van der Waals surface area contributed by atoms with E-state index in [9.17, 15) is 0 Å². The van der Waals surface area contributed by atoms with Crippen molar-refractivity contribution in [2.45, 2.75) is 26.2 Å². The first kappa shape index (κ1) is 12.4. The molecule has 0 atom stereocenters. The largest absolute Gasteiger partial charge is 0.219 e. The van der Waals surface area contributed by atoms with E-state index in [1.165, 1.54) is 0 Å². The lowest BCUT2D eigenvalue weighted by Gasteiger charge is -2.22. The SMILES string of the molecule is CC(C)(C)c1cc(Cl)ccc1-n1cc(Cl)nn1. The Morgan fingerprint density at radius 1 is 1.18 bits per heavy atom. The van der Waals surface area contributed by atoms with Gasteiger partial charge in [0, 0.05) is 5.02 Å². The Kier molecular flexibility index (Phi) is 3.15. The molecule has 0 amide bonds. The Hall–Kier alpha value is -1.06. The van der Waals surface area contributed by atoms with Gasteiger partial charge in [-0.3, -0.25) is 0 Å². The predicted molar refractivity (Wildman–Crippen MR) is 70.1 cm³/mol. The number of aromatic nitrogens is 3. The van der Waals surface area contributed by atoms with E-state index in [2.05, 4.69) is 31.1 Å². The minimum absolute atomic E-state index is 0.0291. The highest BCUT2D eigenvalue weighted by Crippen LogP contribution is 2.30. The molecule has 0 bridgehead atoms. The summed E-state index contributed by atoms with van der Waals surface area (Å²) in [5.41, 5.74) is 2.02. The lowest BCUT2D eigenvalue weighted by molar-refractivity contribution is 0.582. The van der Waals surface area contributed by atoms with Crippen LogP contribution < -0.4 is 0 Å². The fraction of sp³-hybridized carbons (Fsp3) is 0.333. The van der Waals surface area contributed by atoms with Gasteiger partial charge in [-0.15, -0.1) is 5.10 Å². The Labute approximate surface area is 110 Å². The molecule has 0 fully saturated rings. The molecule has 2 aromatic rings. The first-order valence-electron chi connectivity index (χ1n) is 5.26. The molecule has 0 radical (unpaired) electrons. The summed E-state index contributed by atoms with van der Waals surface area (Å²) in [4.78, 5) is 0. The van der Waals surface area contributed by atoms with Crippen LogP contribution in [0.3, 0.4) is 0 Å². The fourth-order valence-electron chi connectivity index (χ4n) is 1.67. The van der Waals surface area contributed by atoms with E-state index in [0.29, 0.717) is 10.2 Å². The van der Waals surface area contributed by atoms with Gasteiger partial charge in [0.25, 0.3) is 0 Å². The van der Waals surface area contributed by atoms with Crippen LogP contribution in [0.15, 0.2) is 24.4 Å². The van der Waals surface area contributed by atoms with Crippen LogP contribution in [0.4, 0.5) is 0 Å². The van der Waals surface area contributed by atoms with Crippen molar-refractivity contribution in [1.82, 2.24) is 15.0 Å². The van der Waals surface area contributed by atoms with Crippen LogP contribution >= 0.6 is 23.2 Å². The molecule has 0 saturated heterocycles. The van der Waals surface area contributed by atoms with Gasteiger partial charge in [0.05, 0.1) is 11.9 Å². The maximum Gasteiger partial charge on any atom is 0.171 e. The van der Waals surface area contributed by atoms with Crippen LogP contribution in [0, 0.1) is 0 Å². The average molecular weight is 270 g/mol. The summed E-state index contributed by atoms with van der Waals surface area (Å²) < 4.78 is 1.67. The third-order valence-electron chi connectivity index (χ3n) is 2.48. The normalized spacial score (nSPS) is 11.8. The van der Waals surface area contributed by atoms with Gasteiger partial charge < -0.3 is 0 Å². The molecule has 0 unspecified atom stereocenters. The third kappa shape index (κ3) is 2.61. The van der Waals surface area contributed by atoms with Gasteiger partial charge in [0.1, 0.15) is 0 Å². The van der Waals surface area contributed by atoms with Crippen molar-refractivity contribution < 1.29 is 0 Å². The highest BCUT2D eigenvalue weighted by molar-refractivity contribution is 6.30. The number of benzene rings is 1. The van der Waals surface area contributed by atoms with Gasteiger partial charge in [-0.1, -0.05) is 49.2 Å². The van der Waals surface area contributed by atoms with Crippen molar-refractivity contribution >= 4 is 23.2 Å². The molecule has 1 heterocycles. The number of halogens is 2. The molecule has 2 rings (SSSR count). The highest BCUT2D eigenvalue weighted by atomic mass is 35.5. The van der Waals surface area contributed by atoms with Gasteiger partial charge in [0.15, 0.2) is 5.15 Å². The molecule has 17 heavy (non-hydrogen) atoms. The van der Waals surface area contributed by atoms with Crippen molar-refractivity contribution in [3.63, 3.8) is 0 Å². The lowest BCUT2D eigenvalue weighted by Crippen LogP contribution is -2.15. The van der Waals surface area contributed by atoms with Gasteiger partial charge >= 0.3 is 0 Å². The number of hydrogen-bond donors (Lipinski definition) is 0. The van der Waals surface area contributed by atoms with E-state index in [4.69, 9.17) is 23.2 Å². The molecule has 0 N–H and O–H groups in total. The average Bonchev–Trinajstić information content (AvgIpc) is 2.63. The standard InChI is InChI=1S/C12H13Cl2N3/c1-12(2,3)9-6-8(13)4-5-10(9)17-7-11(14)15-16-17/h4-7H,1-3H3. The van der Waals surface area contributed by atoms with E-state index in [1.54, 1.807) is 10.9 Å². The van der Waals surface area contributed by atoms with E-state index in [-0.39, 0.29) is 5.41 Å². The molecule has 0 aliphatic heterocycles. The molecule has 0 saturated carbocycles. The first-order chi connectivity index (χ1) is 7.88. The van der Waals surface area contributed by atoms with Crippen molar-refractivity contribution in [2.24, 2.45) is 0 Å². The zero-order valence-corrected chi connectivity index (χ0v) is 11.4. The lowest BCUT2D eigenvalue weighted by atomic mass is 9.86. The summed E-state index contributed by atoms with van der Waals surface area (Å²) in [6.07, 6.45) is 1.68. The van der Waals surface area contributed by atoms with Gasteiger partial charge in [-0.25, -0.2) is 4.68 Å². The van der Waals surface area contributed by atoms with Crippen molar-refractivity contribution in [2.75, 3.05) is 0 Å². The van der Waals surface area contributed by atoms with Crippen LogP contribution in [0.5, 0.6) is 0 Å². The maximum absolute atomic E-state index is 6.04. The van der Waals surface area contributed by atoms with Crippen LogP contribution in [0.1, 0.15) is 26.3 Å². The molecule has 90 valence electrons. The van der Waals surface area contributed by atoms with E-state index < -0.39 is 0 Å². The van der Waals surface area contributed by atoms with Crippen LogP contribution in [-0.4, -0.2) is 15.0 Å². The monoisotopic (exact) mass is 269 g/mol. The minimum Gasteiger partial charge on any atom is -0.219 e. The first-order valence-corrected chi connectivity index (χ1v) is 6.02. The van der Waals surface area contributed by atoms with Crippen LogP contribution in [0.25, 0.3) is 5.69 Å². The Balaban J connectivity index is 2.61. The Morgan fingerprint density at radius 2 is 1.88 bits per heavy atom. The molecular weight excluding hydrogens is 257 g/mol. The molecular formula is C12H13Cl2N3. The van der Waals surface area contributed by atoms with Gasteiger partial charge in [0.2, 0.25) is 0 Å². The summed E-state index contributed by atoms with van der Waals surface area (Å²) >= 11 is 11.8. The maximum atomic E-state index is 6.04. The van der Waals surface area contributed by atoms with E-state index in [0.717, 1.165) is 11.3 Å². The Bertz CT molecular complexity index is 541. The van der Waals surface area contributed by atoms with Crippen molar-refractivity contribution in [3.8, 4) is 5.69 Å². The smallest absolute Gasteiger partial charge is 0.171 e. The van der Waals surface area contributed by atoms with Gasteiger partial charge in [-0.05, 0) is 29.2 Å². The predicted octanol–water partition coefficient (Wildman–Crippen LogP) is 3.87. The van der Waals surface area contributed by atoms with Gasteiger partial charge in [-0.2, -0.15) is 0 Å². The van der Waals surface area contributed by atoms with E-state index in [1.807, 2.05) is 18.2 Å². The van der Waals surface area contributed by atoms with Crippen LogP contribution in [-0.2, 0) is 5.41 Å². The molecule has 5 heteroatoms. The molecule has 0 spiro atoms. The minimum atomic E-state index is -0.0291. The Morgan fingerprint density at radius 3 is 2.41 bits per heavy atom. The second-order valence-electron chi connectivity index (χ2n) is 4.90. The molecule has 3 nitrogen and oxygen atoms in total. The summed E-state index contributed by atoms with van der Waals surface area (Å²) in [6, 6.07) is 5.71. The second kappa shape index (κ2) is 4.31. The zero-order chi connectivity index (χ0) is 12.6. The highest BCUT2D eigenvalue weighted by Gasteiger charge is 2.20. The topological polar surface area (TPSA) is 30.7 Å². The van der Waals surface area contributed by atoms with Crippen molar-refractivity contribution in [1.29, 1.82) is 0 Å². The number of rotatable bonds is 1. The summed E-state index contributed by atoms with van der Waals surface area (Å²) in [5.74, 6) is 0.